The zero-order valence-corrected chi connectivity index (χ0v) is 18.0. The summed E-state index contributed by atoms with van der Waals surface area (Å²) in [5, 5.41) is 0. The van der Waals surface area contributed by atoms with Gasteiger partial charge in [0, 0.05) is 24.9 Å². The minimum atomic E-state index is -3.64. The van der Waals surface area contributed by atoms with Crippen LogP contribution in [0.5, 0.6) is 0 Å². The van der Waals surface area contributed by atoms with Gasteiger partial charge in [0.2, 0.25) is 10.0 Å². The quantitative estimate of drug-likeness (QED) is 0.678. The van der Waals surface area contributed by atoms with E-state index in [1.165, 1.54) is 0 Å². The zero-order chi connectivity index (χ0) is 20.7. The van der Waals surface area contributed by atoms with Gasteiger partial charge in [-0.3, -0.25) is 4.79 Å². The van der Waals surface area contributed by atoms with Crippen molar-refractivity contribution >= 4 is 15.8 Å². The highest BCUT2D eigenvalue weighted by molar-refractivity contribution is 7.89. The molecule has 0 unspecified atom stereocenters. The van der Waals surface area contributed by atoms with Crippen LogP contribution in [0, 0.1) is 16.7 Å². The summed E-state index contributed by atoms with van der Waals surface area (Å²) >= 11 is 0. The summed E-state index contributed by atoms with van der Waals surface area (Å²) in [5.74, 6) is 0.366. The molecule has 0 radical (unpaired) electrons. The number of hydrogen-bond acceptors (Lipinski definition) is 3. The molecule has 0 amide bonds. The Morgan fingerprint density at radius 2 is 1.45 bits per heavy atom. The third-order valence-corrected chi connectivity index (χ3v) is 9.27. The van der Waals surface area contributed by atoms with Crippen molar-refractivity contribution in [3.63, 3.8) is 0 Å². The molecule has 154 valence electrons. The van der Waals surface area contributed by atoms with Crippen LogP contribution in [0.25, 0.3) is 0 Å². The molecule has 29 heavy (non-hydrogen) atoms. The van der Waals surface area contributed by atoms with Crippen LogP contribution in [0.3, 0.4) is 0 Å². The SMILES string of the molecule is CC1(C)[C@H]2CC[C@]1(CS(=O)(=O)N(Cc1ccccc1)Cc1ccccc1)C(=O)C2. The van der Waals surface area contributed by atoms with Crippen LogP contribution >= 0.6 is 0 Å². The van der Waals surface area contributed by atoms with Crippen LogP contribution in [0.1, 0.15) is 44.2 Å². The number of hydrogen-bond donors (Lipinski definition) is 0. The van der Waals surface area contributed by atoms with Crippen molar-refractivity contribution in [1.82, 2.24) is 4.31 Å². The molecule has 4 rings (SSSR count). The number of nitrogens with zero attached hydrogens (tertiary/aromatic N) is 1. The van der Waals surface area contributed by atoms with E-state index in [4.69, 9.17) is 0 Å². The van der Waals surface area contributed by atoms with Crippen LogP contribution in [0.15, 0.2) is 60.7 Å². The van der Waals surface area contributed by atoms with E-state index < -0.39 is 15.4 Å². The number of rotatable bonds is 7. The van der Waals surface area contributed by atoms with Gasteiger partial charge in [-0.25, -0.2) is 8.42 Å². The first-order chi connectivity index (χ1) is 13.7. The molecule has 5 heteroatoms. The number of carbonyl (C=O) groups excluding carboxylic acids is 1. The van der Waals surface area contributed by atoms with Gasteiger partial charge in [0.15, 0.2) is 0 Å². The topological polar surface area (TPSA) is 54.5 Å². The molecule has 2 aromatic carbocycles. The Kier molecular flexibility index (Phi) is 5.16. The van der Waals surface area contributed by atoms with E-state index in [9.17, 15) is 13.2 Å². The van der Waals surface area contributed by atoms with Crippen molar-refractivity contribution in [3.05, 3.63) is 71.8 Å². The van der Waals surface area contributed by atoms with E-state index in [0.717, 1.165) is 17.5 Å². The van der Waals surface area contributed by atoms with Crippen molar-refractivity contribution in [2.45, 2.75) is 46.2 Å². The molecule has 0 spiro atoms. The maximum atomic E-state index is 13.7. The lowest BCUT2D eigenvalue weighted by atomic mass is 9.70. The molecule has 2 fully saturated rings. The molecule has 2 aliphatic carbocycles. The molecule has 0 heterocycles. The lowest BCUT2D eigenvalue weighted by Crippen LogP contribution is -2.46. The normalized spacial score (nSPS) is 25.6. The van der Waals surface area contributed by atoms with E-state index in [0.29, 0.717) is 31.8 Å². The van der Waals surface area contributed by atoms with Gasteiger partial charge in [0.25, 0.3) is 0 Å². The van der Waals surface area contributed by atoms with Gasteiger partial charge < -0.3 is 0 Å². The van der Waals surface area contributed by atoms with E-state index in [-0.39, 0.29) is 17.0 Å². The third kappa shape index (κ3) is 3.55. The van der Waals surface area contributed by atoms with Crippen LogP contribution < -0.4 is 0 Å². The average molecular weight is 412 g/mol. The van der Waals surface area contributed by atoms with E-state index in [2.05, 4.69) is 13.8 Å². The molecule has 2 saturated carbocycles. The Morgan fingerprint density at radius 3 is 1.86 bits per heavy atom. The second kappa shape index (κ2) is 7.37. The van der Waals surface area contributed by atoms with Gasteiger partial charge in [-0.1, -0.05) is 74.5 Å². The van der Waals surface area contributed by atoms with Gasteiger partial charge in [-0.05, 0) is 35.3 Å². The Morgan fingerprint density at radius 1 is 0.931 bits per heavy atom. The van der Waals surface area contributed by atoms with Gasteiger partial charge in [-0.15, -0.1) is 0 Å². The molecule has 2 bridgehead atoms. The average Bonchev–Trinajstić information content (AvgIpc) is 3.03. The summed E-state index contributed by atoms with van der Waals surface area (Å²) in [7, 11) is -3.64. The number of ketones is 1. The second-order valence-electron chi connectivity index (χ2n) is 9.16. The molecule has 4 nitrogen and oxygen atoms in total. The highest BCUT2D eigenvalue weighted by Crippen LogP contribution is 2.64. The van der Waals surface area contributed by atoms with E-state index in [1.54, 1.807) is 4.31 Å². The second-order valence-corrected chi connectivity index (χ2v) is 11.1. The number of fused-ring (bicyclic) bond motifs is 2. The molecule has 0 aromatic heterocycles. The lowest BCUT2D eigenvalue weighted by Gasteiger charge is -2.37. The number of benzene rings is 2. The van der Waals surface area contributed by atoms with Crippen molar-refractivity contribution in [3.8, 4) is 0 Å². The van der Waals surface area contributed by atoms with Crippen molar-refractivity contribution in [1.29, 1.82) is 0 Å². The summed E-state index contributed by atoms with van der Waals surface area (Å²) in [6, 6.07) is 19.3. The van der Waals surface area contributed by atoms with Crippen molar-refractivity contribution in [2.24, 2.45) is 16.7 Å². The molecule has 0 N–H and O–H groups in total. The standard InChI is InChI=1S/C24H29NO3S/c1-23(2)21-13-14-24(23,22(26)15-21)18-29(27,28)25(16-19-9-5-3-6-10-19)17-20-11-7-4-8-12-20/h3-12,21H,13-18H2,1-2H3/t21-,24-/m0/s1. The number of sulfonamides is 1. The molecule has 0 aliphatic heterocycles. The summed E-state index contributed by atoms with van der Waals surface area (Å²) in [6.07, 6.45) is 2.17. The lowest BCUT2D eigenvalue weighted by molar-refractivity contribution is -0.128. The largest absolute Gasteiger partial charge is 0.299 e. The number of carbonyl (C=O) groups is 1. The summed E-state index contributed by atoms with van der Waals surface area (Å²) in [4.78, 5) is 12.9. The fourth-order valence-corrected chi connectivity index (χ4v) is 7.51. The Labute approximate surface area is 174 Å². The fourth-order valence-electron chi connectivity index (χ4n) is 5.34. The third-order valence-electron chi connectivity index (χ3n) is 7.36. The van der Waals surface area contributed by atoms with Gasteiger partial charge in [0.1, 0.15) is 5.78 Å². The Hall–Kier alpha value is -1.98. The zero-order valence-electron chi connectivity index (χ0n) is 17.2. The minimum absolute atomic E-state index is 0.0813. The minimum Gasteiger partial charge on any atom is -0.299 e. The smallest absolute Gasteiger partial charge is 0.215 e. The molecular weight excluding hydrogens is 382 g/mol. The maximum absolute atomic E-state index is 13.7. The highest BCUT2D eigenvalue weighted by Gasteiger charge is 2.65. The van der Waals surface area contributed by atoms with Crippen molar-refractivity contribution < 1.29 is 13.2 Å². The first-order valence-corrected chi connectivity index (χ1v) is 11.9. The molecular formula is C24H29NO3S. The van der Waals surface area contributed by atoms with Crippen LogP contribution in [0.2, 0.25) is 0 Å². The fraction of sp³-hybridized carbons (Fsp3) is 0.458. The molecule has 2 aromatic rings. The first kappa shape index (κ1) is 20.3. The van der Waals surface area contributed by atoms with Crippen LogP contribution in [-0.2, 0) is 27.9 Å². The molecule has 2 atom stereocenters. The molecule has 2 aliphatic rings. The van der Waals surface area contributed by atoms with Gasteiger partial charge >= 0.3 is 0 Å². The Balaban J connectivity index is 1.66. The monoisotopic (exact) mass is 411 g/mol. The number of Topliss-reactive ketones (excluding diaryl/α,β-unsaturated/α-hetero) is 1. The summed E-state index contributed by atoms with van der Waals surface area (Å²) in [6.45, 7) is 4.80. The van der Waals surface area contributed by atoms with E-state index in [1.807, 2.05) is 60.7 Å². The predicted molar refractivity (Wildman–Crippen MR) is 114 cm³/mol. The van der Waals surface area contributed by atoms with Crippen LogP contribution in [-0.4, -0.2) is 24.3 Å². The van der Waals surface area contributed by atoms with E-state index >= 15 is 0 Å². The first-order valence-electron chi connectivity index (χ1n) is 10.3. The van der Waals surface area contributed by atoms with Crippen molar-refractivity contribution in [2.75, 3.05) is 5.75 Å². The van der Waals surface area contributed by atoms with Gasteiger partial charge in [-0.2, -0.15) is 4.31 Å². The molecule has 0 saturated heterocycles. The summed E-state index contributed by atoms with van der Waals surface area (Å²) < 4.78 is 28.9. The predicted octanol–water partition coefficient (Wildman–Crippen LogP) is 4.41. The Bertz CT molecular complexity index is 944. The maximum Gasteiger partial charge on any atom is 0.215 e. The highest BCUT2D eigenvalue weighted by atomic mass is 32.2. The van der Waals surface area contributed by atoms with Crippen LogP contribution in [0.4, 0.5) is 0 Å². The summed E-state index contributed by atoms with van der Waals surface area (Å²) in [5.41, 5.74) is 0.890. The van der Waals surface area contributed by atoms with Gasteiger partial charge in [0.05, 0.1) is 5.75 Å².